The van der Waals surface area contributed by atoms with E-state index in [9.17, 15) is 14.7 Å². The summed E-state index contributed by atoms with van der Waals surface area (Å²) in [5.74, 6) is -0.150. The van der Waals surface area contributed by atoms with E-state index < -0.39 is 11.5 Å². The predicted molar refractivity (Wildman–Crippen MR) is 113 cm³/mol. The molecule has 0 fully saturated rings. The molecule has 1 amide bonds. The number of amides is 1. The molecule has 1 aliphatic rings. The monoisotopic (exact) mass is 402 g/mol. The highest BCUT2D eigenvalue weighted by atomic mass is 16.5. The van der Waals surface area contributed by atoms with E-state index in [0.717, 1.165) is 5.56 Å². The fraction of sp³-hybridized carbons (Fsp3) is 0.208. The van der Waals surface area contributed by atoms with Gasteiger partial charge in [0.05, 0.1) is 18.7 Å². The molecule has 0 aliphatic carbocycles. The van der Waals surface area contributed by atoms with Gasteiger partial charge in [0.1, 0.15) is 12.4 Å². The Balaban J connectivity index is 1.53. The van der Waals surface area contributed by atoms with Gasteiger partial charge in [0, 0.05) is 23.5 Å². The zero-order valence-electron chi connectivity index (χ0n) is 16.6. The normalized spacial score (nSPS) is 17.7. The number of nitrogens with zero attached hydrogens (tertiary/aromatic N) is 2. The zero-order chi connectivity index (χ0) is 21.1. The number of fused-ring (bicyclic) bond motifs is 1. The molecule has 0 bridgehead atoms. The third-order valence-electron chi connectivity index (χ3n) is 5.24. The minimum absolute atomic E-state index is 0.257. The molecule has 152 valence electrons. The lowest BCUT2D eigenvalue weighted by molar-refractivity contribution is -0.135. The van der Waals surface area contributed by atoms with E-state index in [4.69, 9.17) is 4.74 Å². The minimum atomic E-state index is -1.91. The first-order valence-corrected chi connectivity index (χ1v) is 9.75. The topological polar surface area (TPSA) is 79.7 Å². The lowest BCUT2D eigenvalue weighted by atomic mass is 9.88. The molecular weight excluding hydrogens is 380 g/mol. The maximum absolute atomic E-state index is 13.2. The Morgan fingerprint density at radius 2 is 1.87 bits per heavy atom. The van der Waals surface area contributed by atoms with Crippen molar-refractivity contribution < 1.29 is 19.4 Å². The van der Waals surface area contributed by atoms with Crippen LogP contribution in [0, 0.1) is 6.92 Å². The van der Waals surface area contributed by atoms with Gasteiger partial charge in [-0.15, -0.1) is 0 Å². The van der Waals surface area contributed by atoms with Crippen LogP contribution < -0.4 is 9.64 Å². The number of rotatable bonds is 7. The number of aryl methyl sites for hydroxylation is 1. The summed E-state index contributed by atoms with van der Waals surface area (Å²) in [6.07, 6.45) is 2.66. The molecule has 6 nitrogen and oxygen atoms in total. The Hall–Kier alpha value is -3.51. The van der Waals surface area contributed by atoms with Gasteiger partial charge in [0.25, 0.3) is 5.91 Å². The van der Waals surface area contributed by atoms with Gasteiger partial charge in [0.15, 0.2) is 11.4 Å². The molecule has 0 spiro atoms. The second-order valence-corrected chi connectivity index (χ2v) is 7.34. The molecule has 1 aromatic heterocycles. The van der Waals surface area contributed by atoms with Crippen molar-refractivity contribution in [1.29, 1.82) is 0 Å². The maximum atomic E-state index is 13.2. The molecule has 0 saturated carbocycles. The quantitative estimate of drug-likeness (QED) is 0.614. The zero-order valence-corrected chi connectivity index (χ0v) is 16.6. The van der Waals surface area contributed by atoms with Crippen molar-refractivity contribution in [3.8, 4) is 5.75 Å². The van der Waals surface area contributed by atoms with E-state index in [1.54, 1.807) is 42.6 Å². The van der Waals surface area contributed by atoms with Gasteiger partial charge in [0.2, 0.25) is 0 Å². The highest BCUT2D eigenvalue weighted by Crippen LogP contribution is 2.42. The molecule has 1 N–H and O–H groups in total. The van der Waals surface area contributed by atoms with Crippen molar-refractivity contribution in [2.45, 2.75) is 18.9 Å². The third-order valence-corrected chi connectivity index (χ3v) is 5.24. The number of hydrogen-bond donors (Lipinski definition) is 1. The lowest BCUT2D eigenvalue weighted by Gasteiger charge is -2.22. The molecule has 2 aromatic carbocycles. The van der Waals surface area contributed by atoms with Crippen molar-refractivity contribution in [2.24, 2.45) is 0 Å². The van der Waals surface area contributed by atoms with Crippen molar-refractivity contribution in [3.63, 3.8) is 0 Å². The summed E-state index contributed by atoms with van der Waals surface area (Å²) in [6.45, 7) is 2.51. The van der Waals surface area contributed by atoms with Crippen LogP contribution in [-0.2, 0) is 10.4 Å². The number of aliphatic hydroxyl groups is 1. The highest BCUT2D eigenvalue weighted by Gasteiger charge is 2.50. The number of anilines is 1. The molecule has 1 aliphatic heterocycles. The summed E-state index contributed by atoms with van der Waals surface area (Å²) in [5, 5.41) is 11.3. The van der Waals surface area contributed by atoms with E-state index in [1.807, 2.05) is 31.2 Å². The van der Waals surface area contributed by atoms with Crippen LogP contribution >= 0.6 is 0 Å². The molecule has 30 heavy (non-hydrogen) atoms. The average Bonchev–Trinajstić information content (AvgIpc) is 2.97. The number of para-hydroxylation sites is 1. The summed E-state index contributed by atoms with van der Waals surface area (Å²) in [5.41, 5.74) is 0.610. The van der Waals surface area contributed by atoms with Crippen LogP contribution in [0.3, 0.4) is 0 Å². The number of carbonyl (C=O) groups is 2. The van der Waals surface area contributed by atoms with Gasteiger partial charge >= 0.3 is 0 Å². The van der Waals surface area contributed by atoms with Gasteiger partial charge < -0.3 is 14.7 Å². The van der Waals surface area contributed by atoms with Crippen molar-refractivity contribution in [1.82, 2.24) is 4.98 Å². The van der Waals surface area contributed by atoms with Gasteiger partial charge in [-0.1, -0.05) is 35.9 Å². The fourth-order valence-electron chi connectivity index (χ4n) is 3.65. The molecular formula is C24H22N2O4. The summed E-state index contributed by atoms with van der Waals surface area (Å²) in [6, 6.07) is 17.9. The molecule has 2 heterocycles. The number of Topliss-reactive ketones (excluding diaryl/α,β-unsaturated/α-hetero) is 1. The molecule has 6 heteroatoms. The largest absolute Gasteiger partial charge is 0.492 e. The third kappa shape index (κ3) is 3.69. The molecule has 1 unspecified atom stereocenters. The number of carbonyl (C=O) groups excluding carboxylic acids is 2. The van der Waals surface area contributed by atoms with E-state index in [2.05, 4.69) is 4.98 Å². The van der Waals surface area contributed by atoms with E-state index in [0.29, 0.717) is 22.6 Å². The molecule has 4 rings (SSSR count). The first-order chi connectivity index (χ1) is 14.5. The van der Waals surface area contributed by atoms with Crippen LogP contribution in [0.2, 0.25) is 0 Å². The standard InChI is InChI=1S/C24H22N2O4/c1-17-8-10-19(11-9-17)30-14-13-26-21-7-3-2-6-20(21)24(29,23(26)28)15-22(27)18-5-4-12-25-16-18/h2-12,16,29H,13-15H2,1H3. The highest BCUT2D eigenvalue weighted by molar-refractivity contribution is 6.10. The molecule has 0 saturated heterocycles. The fourth-order valence-corrected chi connectivity index (χ4v) is 3.65. The summed E-state index contributed by atoms with van der Waals surface area (Å²) < 4.78 is 5.75. The Morgan fingerprint density at radius 3 is 2.60 bits per heavy atom. The number of benzene rings is 2. The summed E-state index contributed by atoms with van der Waals surface area (Å²) in [4.78, 5) is 31.3. The number of pyridine rings is 1. The molecule has 0 radical (unpaired) electrons. The number of ether oxygens (including phenoxy) is 1. The van der Waals surface area contributed by atoms with Crippen LogP contribution in [0.25, 0.3) is 0 Å². The van der Waals surface area contributed by atoms with Gasteiger partial charge in [-0.25, -0.2) is 0 Å². The first kappa shape index (κ1) is 19.8. The maximum Gasteiger partial charge on any atom is 0.264 e. The number of aromatic nitrogens is 1. The van der Waals surface area contributed by atoms with Gasteiger partial charge in [-0.2, -0.15) is 0 Å². The van der Waals surface area contributed by atoms with Gasteiger partial charge in [-0.3, -0.25) is 14.6 Å². The number of hydrogen-bond acceptors (Lipinski definition) is 5. The van der Waals surface area contributed by atoms with Gasteiger partial charge in [-0.05, 0) is 37.3 Å². The van der Waals surface area contributed by atoms with Crippen molar-refractivity contribution in [2.75, 3.05) is 18.1 Å². The van der Waals surface area contributed by atoms with E-state index >= 15 is 0 Å². The smallest absolute Gasteiger partial charge is 0.264 e. The van der Waals surface area contributed by atoms with Crippen LogP contribution in [0.1, 0.15) is 27.9 Å². The van der Waals surface area contributed by atoms with Crippen LogP contribution in [0.15, 0.2) is 73.1 Å². The van der Waals surface area contributed by atoms with E-state index in [1.165, 1.54) is 11.1 Å². The summed E-state index contributed by atoms with van der Waals surface area (Å²) >= 11 is 0. The van der Waals surface area contributed by atoms with Crippen molar-refractivity contribution in [3.05, 3.63) is 89.7 Å². The lowest BCUT2D eigenvalue weighted by Crippen LogP contribution is -2.43. The Kier molecular flexibility index (Phi) is 5.33. The minimum Gasteiger partial charge on any atom is -0.492 e. The second kappa shape index (κ2) is 8.08. The predicted octanol–water partition coefficient (Wildman–Crippen LogP) is 3.28. The molecule has 1 atom stereocenters. The summed E-state index contributed by atoms with van der Waals surface area (Å²) in [7, 11) is 0. The Bertz CT molecular complexity index is 1070. The average molecular weight is 402 g/mol. The van der Waals surface area contributed by atoms with Crippen molar-refractivity contribution >= 4 is 17.4 Å². The van der Waals surface area contributed by atoms with Crippen LogP contribution in [0.5, 0.6) is 5.75 Å². The first-order valence-electron chi connectivity index (χ1n) is 9.75. The SMILES string of the molecule is Cc1ccc(OCCN2C(=O)C(O)(CC(=O)c3cccnc3)c3ccccc32)cc1. The second-order valence-electron chi connectivity index (χ2n) is 7.34. The molecule has 3 aromatic rings. The Morgan fingerprint density at radius 1 is 1.10 bits per heavy atom. The van der Waals surface area contributed by atoms with Crippen LogP contribution in [0.4, 0.5) is 5.69 Å². The van der Waals surface area contributed by atoms with E-state index in [-0.39, 0.29) is 25.4 Å². The number of ketones is 1. The van der Waals surface area contributed by atoms with Crippen LogP contribution in [-0.4, -0.2) is 34.9 Å². The Labute approximate surface area is 174 Å².